The molecule has 2 aliphatic rings. The van der Waals surface area contributed by atoms with Crippen molar-refractivity contribution in [3.63, 3.8) is 0 Å². The molecule has 1 saturated heterocycles. The molecule has 0 saturated carbocycles. The van der Waals surface area contributed by atoms with E-state index in [1.807, 2.05) is 6.07 Å². The van der Waals surface area contributed by atoms with Crippen molar-refractivity contribution in [3.05, 3.63) is 58.4 Å². The van der Waals surface area contributed by atoms with Crippen molar-refractivity contribution < 1.29 is 19.0 Å². The SMILES string of the molecule is O=C1COc2ccc(CNC3CCN(CCn4c(=O)cnc5ccc(F)cc54)CC3O)nc2N1. The Morgan fingerprint density at radius 3 is 2.97 bits per heavy atom. The highest BCUT2D eigenvalue weighted by Crippen LogP contribution is 2.25. The zero-order valence-electron chi connectivity index (χ0n) is 18.4. The Morgan fingerprint density at radius 1 is 1.24 bits per heavy atom. The molecule has 2 aliphatic heterocycles. The summed E-state index contributed by atoms with van der Waals surface area (Å²) in [5.41, 5.74) is 1.47. The van der Waals surface area contributed by atoms with Gasteiger partial charge in [0.25, 0.3) is 11.5 Å². The Labute approximate surface area is 194 Å². The number of benzene rings is 1. The summed E-state index contributed by atoms with van der Waals surface area (Å²) in [6, 6.07) is 7.68. The van der Waals surface area contributed by atoms with E-state index >= 15 is 0 Å². The molecule has 0 aliphatic carbocycles. The predicted octanol–water partition coefficient (Wildman–Crippen LogP) is 0.486. The van der Waals surface area contributed by atoms with Crippen molar-refractivity contribution in [2.24, 2.45) is 0 Å². The van der Waals surface area contributed by atoms with Gasteiger partial charge < -0.3 is 25.0 Å². The molecule has 0 radical (unpaired) electrons. The number of aromatic nitrogens is 3. The van der Waals surface area contributed by atoms with Crippen LogP contribution in [0, 0.1) is 5.82 Å². The molecule has 2 atom stereocenters. The molecule has 5 rings (SSSR count). The van der Waals surface area contributed by atoms with E-state index in [1.54, 1.807) is 12.1 Å². The van der Waals surface area contributed by atoms with Gasteiger partial charge in [0.2, 0.25) is 0 Å². The van der Waals surface area contributed by atoms with E-state index < -0.39 is 11.9 Å². The molecule has 3 N–H and O–H groups in total. The molecule has 1 fully saturated rings. The Morgan fingerprint density at radius 2 is 2.12 bits per heavy atom. The third-order valence-corrected chi connectivity index (χ3v) is 6.19. The number of β-amino-alcohol motifs (C(OH)–C–C–N with tert-alkyl or cyclic N) is 1. The van der Waals surface area contributed by atoms with Crippen LogP contribution in [-0.2, 0) is 17.9 Å². The minimum absolute atomic E-state index is 0.0139. The largest absolute Gasteiger partial charge is 0.480 e. The molecule has 0 spiro atoms. The summed E-state index contributed by atoms with van der Waals surface area (Å²) >= 11 is 0. The first-order valence-corrected chi connectivity index (χ1v) is 11.2. The van der Waals surface area contributed by atoms with Crippen LogP contribution >= 0.6 is 0 Å². The van der Waals surface area contributed by atoms with Crippen LogP contribution < -0.4 is 20.9 Å². The number of anilines is 1. The number of ether oxygens (including phenoxy) is 1. The first-order chi connectivity index (χ1) is 16.5. The summed E-state index contributed by atoms with van der Waals surface area (Å²) in [5.74, 6) is 0.296. The van der Waals surface area contributed by atoms with Gasteiger partial charge in [-0.25, -0.2) is 14.4 Å². The number of carbonyl (C=O) groups excluding carboxylic acids is 1. The molecule has 0 bridgehead atoms. The van der Waals surface area contributed by atoms with Crippen molar-refractivity contribution in [2.75, 3.05) is 31.6 Å². The van der Waals surface area contributed by atoms with E-state index in [2.05, 4.69) is 25.5 Å². The van der Waals surface area contributed by atoms with Gasteiger partial charge in [-0.15, -0.1) is 0 Å². The number of nitrogens with zero attached hydrogens (tertiary/aromatic N) is 4. The van der Waals surface area contributed by atoms with E-state index in [0.717, 1.165) is 12.2 Å². The minimum Gasteiger partial charge on any atom is -0.480 e. The van der Waals surface area contributed by atoms with Crippen molar-refractivity contribution in [3.8, 4) is 5.75 Å². The fraction of sp³-hybridized carbons (Fsp3) is 0.391. The van der Waals surface area contributed by atoms with Crippen LogP contribution in [-0.4, -0.2) is 68.8 Å². The second-order valence-corrected chi connectivity index (χ2v) is 8.51. The molecule has 11 heteroatoms. The highest BCUT2D eigenvalue weighted by atomic mass is 19.1. The van der Waals surface area contributed by atoms with E-state index in [9.17, 15) is 19.1 Å². The topological polar surface area (TPSA) is 122 Å². The number of hydrogen-bond donors (Lipinski definition) is 3. The molecule has 2 unspecified atom stereocenters. The molecular weight excluding hydrogens is 443 g/mol. The van der Waals surface area contributed by atoms with Gasteiger partial charge in [0.15, 0.2) is 18.2 Å². The maximum Gasteiger partial charge on any atom is 0.269 e. The van der Waals surface area contributed by atoms with Gasteiger partial charge in [0.05, 0.1) is 29.0 Å². The van der Waals surface area contributed by atoms with E-state index in [4.69, 9.17) is 4.74 Å². The molecule has 34 heavy (non-hydrogen) atoms. The Kier molecular flexibility index (Phi) is 6.22. The number of nitrogens with one attached hydrogen (secondary N) is 2. The van der Waals surface area contributed by atoms with Crippen molar-refractivity contribution >= 4 is 22.8 Å². The van der Waals surface area contributed by atoms with E-state index in [0.29, 0.717) is 55.2 Å². The minimum atomic E-state index is -0.599. The summed E-state index contributed by atoms with van der Waals surface area (Å²) in [4.78, 5) is 34.4. The van der Waals surface area contributed by atoms with Crippen LogP contribution in [0.3, 0.4) is 0 Å². The van der Waals surface area contributed by atoms with Gasteiger partial charge in [-0.2, -0.15) is 0 Å². The normalized spacial score (nSPS) is 20.6. The molecule has 1 amide bonds. The quantitative estimate of drug-likeness (QED) is 0.478. The summed E-state index contributed by atoms with van der Waals surface area (Å²) < 4.78 is 20.6. The smallest absolute Gasteiger partial charge is 0.269 e. The number of halogens is 1. The highest BCUT2D eigenvalue weighted by Gasteiger charge is 2.27. The van der Waals surface area contributed by atoms with Gasteiger partial charge in [0, 0.05) is 32.2 Å². The monoisotopic (exact) mass is 468 g/mol. The number of carbonyl (C=O) groups is 1. The first-order valence-electron chi connectivity index (χ1n) is 11.2. The van der Waals surface area contributed by atoms with Gasteiger partial charge in [-0.3, -0.25) is 14.5 Å². The lowest BCUT2D eigenvalue weighted by Gasteiger charge is -2.36. The van der Waals surface area contributed by atoms with Gasteiger partial charge in [-0.05, 0) is 43.3 Å². The summed E-state index contributed by atoms with van der Waals surface area (Å²) in [5, 5.41) is 16.7. The lowest BCUT2D eigenvalue weighted by Crippen LogP contribution is -2.53. The Bertz CT molecular complexity index is 1280. The molecule has 4 heterocycles. The predicted molar refractivity (Wildman–Crippen MR) is 122 cm³/mol. The molecule has 2 aromatic heterocycles. The van der Waals surface area contributed by atoms with Crippen molar-refractivity contribution in [1.82, 2.24) is 24.8 Å². The summed E-state index contributed by atoms with van der Waals surface area (Å²) in [6.07, 6.45) is 1.36. The van der Waals surface area contributed by atoms with E-state index in [1.165, 1.54) is 22.9 Å². The number of likely N-dealkylation sites (tertiary alicyclic amines) is 1. The number of hydrogen-bond acceptors (Lipinski definition) is 8. The molecular formula is C23H25FN6O4. The van der Waals surface area contributed by atoms with Crippen molar-refractivity contribution in [1.29, 1.82) is 0 Å². The zero-order chi connectivity index (χ0) is 23.7. The number of pyridine rings is 1. The van der Waals surface area contributed by atoms with E-state index in [-0.39, 0.29) is 24.1 Å². The Balaban J connectivity index is 1.16. The van der Waals surface area contributed by atoms with Crippen LogP contribution in [0.15, 0.2) is 41.3 Å². The van der Waals surface area contributed by atoms with Crippen LogP contribution in [0.25, 0.3) is 11.0 Å². The zero-order valence-corrected chi connectivity index (χ0v) is 18.4. The lowest BCUT2D eigenvalue weighted by molar-refractivity contribution is -0.118. The molecule has 3 aromatic rings. The number of aliphatic hydroxyl groups is 1. The number of rotatable bonds is 6. The number of piperidine rings is 1. The van der Waals surface area contributed by atoms with Crippen LogP contribution in [0.5, 0.6) is 5.75 Å². The molecule has 1 aromatic carbocycles. The molecule has 178 valence electrons. The number of amides is 1. The second kappa shape index (κ2) is 9.45. The third kappa shape index (κ3) is 4.76. The third-order valence-electron chi connectivity index (χ3n) is 6.19. The summed E-state index contributed by atoms with van der Waals surface area (Å²) in [6.45, 7) is 2.53. The highest BCUT2D eigenvalue weighted by molar-refractivity contribution is 5.94. The maximum atomic E-state index is 13.7. The maximum absolute atomic E-state index is 13.7. The standard InChI is InChI=1S/C23H25FN6O4/c24-14-1-3-16-18(9-14)30(22(33)11-26-16)8-7-29-6-5-17(19(31)12-29)25-10-15-2-4-20-23(27-15)28-21(32)13-34-20/h1-4,9,11,17,19,25,31H,5-8,10,12-13H2,(H,27,28,32). The fourth-order valence-corrected chi connectivity index (χ4v) is 4.38. The Hall–Kier alpha value is -3.41. The molecule has 10 nitrogen and oxygen atoms in total. The van der Waals surface area contributed by atoms with Crippen molar-refractivity contribution in [2.45, 2.75) is 31.7 Å². The first kappa shape index (κ1) is 22.4. The number of fused-ring (bicyclic) bond motifs is 2. The van der Waals surface area contributed by atoms with Gasteiger partial charge >= 0.3 is 0 Å². The lowest BCUT2D eigenvalue weighted by atomic mass is 10.0. The average Bonchev–Trinajstić information content (AvgIpc) is 2.82. The van der Waals surface area contributed by atoms with Crippen LogP contribution in [0.1, 0.15) is 12.1 Å². The van der Waals surface area contributed by atoms with Crippen LogP contribution in [0.2, 0.25) is 0 Å². The number of aliphatic hydroxyl groups excluding tert-OH is 1. The van der Waals surface area contributed by atoms with Gasteiger partial charge in [-0.1, -0.05) is 0 Å². The fourth-order valence-electron chi connectivity index (χ4n) is 4.38. The average molecular weight is 468 g/mol. The van der Waals surface area contributed by atoms with Crippen LogP contribution in [0.4, 0.5) is 10.2 Å². The van der Waals surface area contributed by atoms with Gasteiger partial charge in [0.1, 0.15) is 5.82 Å². The summed E-state index contributed by atoms with van der Waals surface area (Å²) in [7, 11) is 0. The second-order valence-electron chi connectivity index (χ2n) is 8.51.